The highest BCUT2D eigenvalue weighted by atomic mass is 19.4. The summed E-state index contributed by atoms with van der Waals surface area (Å²) in [5.41, 5.74) is 0. The third kappa shape index (κ3) is 6.45. The third-order valence-electron chi connectivity index (χ3n) is 7.05. The molecule has 3 saturated carbocycles. The van der Waals surface area contributed by atoms with Crippen LogP contribution >= 0.6 is 0 Å². The highest BCUT2D eigenvalue weighted by Crippen LogP contribution is 2.48. The molecule has 0 spiro atoms. The summed E-state index contributed by atoms with van der Waals surface area (Å²) in [6, 6.07) is 0. The lowest BCUT2D eigenvalue weighted by molar-refractivity contribution is -0.323. The molecule has 0 N–H and O–H groups in total. The van der Waals surface area contributed by atoms with Crippen molar-refractivity contribution < 1.29 is 44.6 Å². The molecule has 3 fully saturated rings. The zero-order valence-electron chi connectivity index (χ0n) is 17.2. The summed E-state index contributed by atoms with van der Waals surface area (Å²) in [6.45, 7) is 0. The van der Waals surface area contributed by atoms with Crippen molar-refractivity contribution in [3.05, 3.63) is 0 Å². The number of ether oxygens (including phenoxy) is 2. The van der Waals surface area contributed by atoms with Crippen LogP contribution < -0.4 is 0 Å². The summed E-state index contributed by atoms with van der Waals surface area (Å²) >= 11 is 0. The average molecular weight is 466 g/mol. The van der Waals surface area contributed by atoms with Crippen LogP contribution in [0.5, 0.6) is 0 Å². The van der Waals surface area contributed by atoms with Gasteiger partial charge in [-0.15, -0.1) is 0 Å². The molecule has 3 unspecified atom stereocenters. The van der Waals surface area contributed by atoms with Crippen molar-refractivity contribution in [3.8, 4) is 0 Å². The van der Waals surface area contributed by atoms with Gasteiger partial charge in [-0.3, -0.25) is 0 Å². The molecule has 0 aromatic rings. The van der Waals surface area contributed by atoms with Crippen LogP contribution in [0.25, 0.3) is 0 Å². The minimum absolute atomic E-state index is 0.101. The Morgan fingerprint density at radius 1 is 0.677 bits per heavy atom. The molecule has 0 aromatic heterocycles. The molecular formula is C21H30F8O2. The topological polar surface area (TPSA) is 18.5 Å². The molecule has 0 heterocycles. The normalized spacial score (nSPS) is 37.5. The first kappa shape index (κ1) is 25.0. The Kier molecular flexibility index (Phi) is 8.14. The lowest BCUT2D eigenvalue weighted by Gasteiger charge is -2.42. The van der Waals surface area contributed by atoms with Gasteiger partial charge in [0.1, 0.15) is 18.3 Å². The summed E-state index contributed by atoms with van der Waals surface area (Å²) in [6.07, 6.45) is -14.6. The number of halogens is 8. The van der Waals surface area contributed by atoms with E-state index in [2.05, 4.69) is 4.74 Å². The summed E-state index contributed by atoms with van der Waals surface area (Å²) in [5.74, 6) is -2.26. The minimum atomic E-state index is -5.15. The summed E-state index contributed by atoms with van der Waals surface area (Å²) in [4.78, 5) is 0. The Balaban J connectivity index is 1.50. The SMILES string of the molecule is FC1CC(C2CCCCC2)CC(F)C1C(F)(F)OC1CCC(OC(F)C(F)(F)F)CC1. The fourth-order valence-corrected chi connectivity index (χ4v) is 5.44. The van der Waals surface area contributed by atoms with Crippen LogP contribution in [0.3, 0.4) is 0 Å². The van der Waals surface area contributed by atoms with Crippen molar-refractivity contribution in [1.82, 2.24) is 0 Å². The van der Waals surface area contributed by atoms with Crippen LogP contribution in [-0.2, 0) is 9.47 Å². The molecule has 0 aliphatic heterocycles. The van der Waals surface area contributed by atoms with Crippen LogP contribution in [0.2, 0.25) is 0 Å². The van der Waals surface area contributed by atoms with E-state index in [4.69, 9.17) is 4.74 Å². The van der Waals surface area contributed by atoms with E-state index in [-0.39, 0.29) is 50.4 Å². The van der Waals surface area contributed by atoms with Gasteiger partial charge in [0.25, 0.3) is 6.36 Å². The van der Waals surface area contributed by atoms with Crippen molar-refractivity contribution in [1.29, 1.82) is 0 Å². The van der Waals surface area contributed by atoms with E-state index in [9.17, 15) is 35.1 Å². The Hall–Kier alpha value is -0.640. The zero-order chi connectivity index (χ0) is 22.8. The van der Waals surface area contributed by atoms with Gasteiger partial charge in [-0.1, -0.05) is 32.1 Å². The smallest absolute Gasteiger partial charge is 0.338 e. The first-order valence-electron chi connectivity index (χ1n) is 11.2. The molecular weight excluding hydrogens is 436 g/mol. The van der Waals surface area contributed by atoms with Crippen molar-refractivity contribution >= 4 is 0 Å². The molecule has 31 heavy (non-hydrogen) atoms. The first-order valence-corrected chi connectivity index (χ1v) is 11.2. The molecule has 182 valence electrons. The Morgan fingerprint density at radius 2 is 1.19 bits per heavy atom. The molecule has 10 heteroatoms. The largest absolute Gasteiger partial charge is 0.445 e. The van der Waals surface area contributed by atoms with Crippen LogP contribution in [0, 0.1) is 17.8 Å². The fourth-order valence-electron chi connectivity index (χ4n) is 5.44. The van der Waals surface area contributed by atoms with Crippen molar-refractivity contribution in [2.45, 2.75) is 114 Å². The zero-order valence-corrected chi connectivity index (χ0v) is 17.2. The maximum Gasteiger partial charge on any atom is 0.445 e. The summed E-state index contributed by atoms with van der Waals surface area (Å²) < 4.78 is 118. The molecule has 3 aliphatic rings. The van der Waals surface area contributed by atoms with Gasteiger partial charge in [0.05, 0.1) is 12.2 Å². The predicted molar refractivity (Wildman–Crippen MR) is 96.7 cm³/mol. The molecule has 3 rings (SSSR count). The van der Waals surface area contributed by atoms with E-state index in [1.807, 2.05) is 0 Å². The standard InChI is InChI=1S/C21H30F8O2/c22-16-10-13(12-4-2-1-3-5-12)11-17(23)18(16)21(28,29)31-15-8-6-14(7-9-15)30-19(24)20(25,26)27/h12-19H,1-11H2. The van der Waals surface area contributed by atoms with Gasteiger partial charge in [0, 0.05) is 0 Å². The van der Waals surface area contributed by atoms with Gasteiger partial charge < -0.3 is 9.47 Å². The highest BCUT2D eigenvalue weighted by Gasteiger charge is 2.56. The molecule has 0 saturated heterocycles. The Labute approximate surface area is 177 Å². The van der Waals surface area contributed by atoms with Crippen LogP contribution in [0.1, 0.15) is 70.6 Å². The van der Waals surface area contributed by atoms with Crippen molar-refractivity contribution in [3.63, 3.8) is 0 Å². The first-order chi connectivity index (χ1) is 14.5. The number of hydrogen-bond acceptors (Lipinski definition) is 2. The second kappa shape index (κ2) is 10.1. The molecule has 2 nitrogen and oxygen atoms in total. The Bertz CT molecular complexity index is 546. The van der Waals surface area contributed by atoms with Crippen LogP contribution in [0.4, 0.5) is 35.1 Å². The summed E-state index contributed by atoms with van der Waals surface area (Å²) in [5, 5.41) is 0. The number of rotatable bonds is 6. The van der Waals surface area contributed by atoms with Gasteiger partial charge in [-0.05, 0) is 50.4 Å². The van der Waals surface area contributed by atoms with Crippen molar-refractivity contribution in [2.75, 3.05) is 0 Å². The molecule has 3 aliphatic carbocycles. The average Bonchev–Trinajstić information content (AvgIpc) is 2.68. The maximum absolute atomic E-state index is 14.7. The van der Waals surface area contributed by atoms with E-state index in [1.54, 1.807) is 0 Å². The molecule has 3 atom stereocenters. The van der Waals surface area contributed by atoms with Gasteiger partial charge in [0.15, 0.2) is 0 Å². The molecule has 0 radical (unpaired) electrons. The molecule has 0 amide bonds. The fraction of sp³-hybridized carbons (Fsp3) is 1.00. The van der Waals surface area contributed by atoms with E-state index in [0.717, 1.165) is 32.1 Å². The van der Waals surface area contributed by atoms with Gasteiger partial charge >= 0.3 is 12.3 Å². The van der Waals surface area contributed by atoms with E-state index >= 15 is 0 Å². The van der Waals surface area contributed by atoms with Gasteiger partial charge in [0.2, 0.25) is 0 Å². The molecule has 0 bridgehead atoms. The van der Waals surface area contributed by atoms with E-state index < -0.39 is 49.1 Å². The lowest BCUT2D eigenvalue weighted by atomic mass is 9.69. The predicted octanol–water partition coefficient (Wildman–Crippen LogP) is 7.06. The third-order valence-corrected chi connectivity index (χ3v) is 7.05. The quantitative estimate of drug-likeness (QED) is 0.390. The lowest BCUT2D eigenvalue weighted by Crippen LogP contribution is -2.50. The monoisotopic (exact) mass is 466 g/mol. The Morgan fingerprint density at radius 3 is 1.71 bits per heavy atom. The second-order valence-corrected chi connectivity index (χ2v) is 9.26. The van der Waals surface area contributed by atoms with Crippen LogP contribution in [-0.4, -0.2) is 43.2 Å². The van der Waals surface area contributed by atoms with Gasteiger partial charge in [-0.25, -0.2) is 13.2 Å². The maximum atomic E-state index is 14.7. The molecule has 0 aromatic carbocycles. The van der Waals surface area contributed by atoms with E-state index in [1.165, 1.54) is 0 Å². The number of alkyl halides is 8. The van der Waals surface area contributed by atoms with E-state index in [0.29, 0.717) is 0 Å². The number of hydrogen-bond donors (Lipinski definition) is 0. The second-order valence-electron chi connectivity index (χ2n) is 9.26. The summed E-state index contributed by atoms with van der Waals surface area (Å²) in [7, 11) is 0. The highest BCUT2D eigenvalue weighted by molar-refractivity contribution is 4.94. The van der Waals surface area contributed by atoms with Crippen LogP contribution in [0.15, 0.2) is 0 Å². The van der Waals surface area contributed by atoms with Gasteiger partial charge in [-0.2, -0.15) is 22.0 Å². The minimum Gasteiger partial charge on any atom is -0.338 e. The van der Waals surface area contributed by atoms with Crippen molar-refractivity contribution in [2.24, 2.45) is 17.8 Å².